The van der Waals surface area contributed by atoms with Gasteiger partial charge in [0.15, 0.2) is 0 Å². The molecular formula is C27H22BNO2. The molecule has 2 N–H and O–H groups in total. The Morgan fingerprint density at radius 2 is 1.39 bits per heavy atom. The van der Waals surface area contributed by atoms with Crippen LogP contribution < -0.4 is 5.46 Å². The summed E-state index contributed by atoms with van der Waals surface area (Å²) in [5, 5.41) is 21.4. The van der Waals surface area contributed by atoms with Crippen molar-refractivity contribution in [3.8, 4) is 16.8 Å². The minimum absolute atomic E-state index is 0.0632. The van der Waals surface area contributed by atoms with E-state index in [0.717, 1.165) is 16.7 Å². The molecule has 1 aliphatic rings. The van der Waals surface area contributed by atoms with Gasteiger partial charge in [-0.15, -0.1) is 0 Å². The summed E-state index contributed by atoms with van der Waals surface area (Å²) in [7, 11) is -1.46. The van der Waals surface area contributed by atoms with E-state index < -0.39 is 7.12 Å². The van der Waals surface area contributed by atoms with Crippen molar-refractivity contribution in [3.63, 3.8) is 0 Å². The smallest absolute Gasteiger partial charge is 0.423 e. The third-order valence-electron chi connectivity index (χ3n) is 6.83. The van der Waals surface area contributed by atoms with Gasteiger partial charge in [0.05, 0.1) is 11.0 Å². The van der Waals surface area contributed by atoms with Gasteiger partial charge < -0.3 is 14.6 Å². The zero-order chi connectivity index (χ0) is 21.3. The zero-order valence-corrected chi connectivity index (χ0v) is 17.5. The number of rotatable bonds is 2. The molecule has 5 aromatic rings. The van der Waals surface area contributed by atoms with Crippen molar-refractivity contribution < 1.29 is 10.0 Å². The van der Waals surface area contributed by atoms with Gasteiger partial charge >= 0.3 is 7.12 Å². The van der Waals surface area contributed by atoms with Crippen LogP contribution in [0.3, 0.4) is 0 Å². The monoisotopic (exact) mass is 403 g/mol. The van der Waals surface area contributed by atoms with Crippen molar-refractivity contribution in [3.05, 3.63) is 96.1 Å². The van der Waals surface area contributed by atoms with Gasteiger partial charge in [0.25, 0.3) is 0 Å². The summed E-state index contributed by atoms with van der Waals surface area (Å²) in [5.41, 5.74) is 9.08. The average Bonchev–Trinajstić information content (AvgIpc) is 3.22. The van der Waals surface area contributed by atoms with Gasteiger partial charge in [0.2, 0.25) is 0 Å². The molecule has 1 heterocycles. The standard InChI is InChI=1S/C27H22BNO2/c1-27(2)23-9-5-3-7-19(23)21-15-22-20-8-4-6-10-25(20)29(26(22)16-24(21)27)18-13-11-17(12-14-18)28(30)31/h3-16,30-31H,1-2H3. The van der Waals surface area contributed by atoms with Gasteiger partial charge in [-0.1, -0.05) is 68.4 Å². The van der Waals surface area contributed by atoms with Crippen molar-refractivity contribution >= 4 is 34.4 Å². The first kappa shape index (κ1) is 18.4. The maximum absolute atomic E-state index is 9.49. The molecule has 0 radical (unpaired) electrons. The highest BCUT2D eigenvalue weighted by atomic mass is 16.4. The van der Waals surface area contributed by atoms with Gasteiger partial charge in [-0.05, 0) is 58.0 Å². The van der Waals surface area contributed by atoms with E-state index in [-0.39, 0.29) is 5.41 Å². The van der Waals surface area contributed by atoms with Gasteiger partial charge in [-0.3, -0.25) is 0 Å². The van der Waals surface area contributed by atoms with E-state index >= 15 is 0 Å². The minimum atomic E-state index is -1.46. The number of aromatic nitrogens is 1. The molecule has 6 rings (SSSR count). The van der Waals surface area contributed by atoms with E-state index in [1.165, 1.54) is 33.0 Å². The predicted octanol–water partition coefficient (Wildman–Crippen LogP) is 4.77. The first-order valence-electron chi connectivity index (χ1n) is 10.6. The Morgan fingerprint density at radius 3 is 2.16 bits per heavy atom. The predicted molar refractivity (Wildman–Crippen MR) is 128 cm³/mol. The van der Waals surface area contributed by atoms with E-state index in [4.69, 9.17) is 0 Å². The van der Waals surface area contributed by atoms with Crippen LogP contribution in [0.5, 0.6) is 0 Å². The van der Waals surface area contributed by atoms with E-state index in [1.54, 1.807) is 12.1 Å². The third-order valence-corrected chi connectivity index (χ3v) is 6.83. The van der Waals surface area contributed by atoms with Gasteiger partial charge in [-0.25, -0.2) is 0 Å². The van der Waals surface area contributed by atoms with Crippen molar-refractivity contribution in [2.45, 2.75) is 19.3 Å². The summed E-state index contributed by atoms with van der Waals surface area (Å²) >= 11 is 0. The van der Waals surface area contributed by atoms with Crippen molar-refractivity contribution in [2.75, 3.05) is 0 Å². The molecule has 0 saturated carbocycles. The number of para-hydroxylation sites is 1. The third kappa shape index (κ3) is 2.49. The molecule has 0 unspecified atom stereocenters. The molecule has 150 valence electrons. The number of benzene rings is 4. The van der Waals surface area contributed by atoms with E-state index in [9.17, 15) is 10.0 Å². The SMILES string of the molecule is CC1(C)c2ccccc2-c2cc3c4ccccc4n(-c4ccc(B(O)O)cc4)c3cc21. The Kier molecular flexibility index (Phi) is 3.77. The van der Waals surface area contributed by atoms with Crippen molar-refractivity contribution in [2.24, 2.45) is 0 Å². The summed E-state index contributed by atoms with van der Waals surface area (Å²) in [5.74, 6) is 0. The van der Waals surface area contributed by atoms with Crippen LogP contribution in [0, 0.1) is 0 Å². The van der Waals surface area contributed by atoms with Crippen LogP contribution in [0.4, 0.5) is 0 Å². The molecule has 4 aromatic carbocycles. The maximum atomic E-state index is 9.49. The summed E-state index contributed by atoms with van der Waals surface area (Å²) < 4.78 is 2.28. The molecule has 0 bridgehead atoms. The fourth-order valence-electron chi connectivity index (χ4n) is 5.24. The molecule has 1 aromatic heterocycles. The van der Waals surface area contributed by atoms with Gasteiger partial charge in [-0.2, -0.15) is 0 Å². The van der Waals surface area contributed by atoms with Crippen molar-refractivity contribution in [1.29, 1.82) is 0 Å². The lowest BCUT2D eigenvalue weighted by Gasteiger charge is -2.21. The number of hydrogen-bond acceptors (Lipinski definition) is 2. The molecule has 1 aliphatic carbocycles. The van der Waals surface area contributed by atoms with Crippen molar-refractivity contribution in [1.82, 2.24) is 4.57 Å². The summed E-state index contributed by atoms with van der Waals surface area (Å²) in [6, 6.07) is 29.3. The quantitative estimate of drug-likeness (QED) is 0.417. The molecule has 0 aliphatic heterocycles. The molecule has 31 heavy (non-hydrogen) atoms. The highest BCUT2D eigenvalue weighted by Crippen LogP contribution is 2.50. The molecule has 0 atom stereocenters. The Balaban J connectivity index is 1.70. The molecule has 0 amide bonds. The minimum Gasteiger partial charge on any atom is -0.423 e. The van der Waals surface area contributed by atoms with Crippen LogP contribution in [-0.4, -0.2) is 21.7 Å². The van der Waals surface area contributed by atoms with Gasteiger partial charge in [0, 0.05) is 21.9 Å². The summed E-state index contributed by atoms with van der Waals surface area (Å²) in [6.45, 7) is 4.60. The van der Waals surface area contributed by atoms with Crippen LogP contribution in [0.15, 0.2) is 84.9 Å². The largest absolute Gasteiger partial charge is 0.488 e. The fraction of sp³-hybridized carbons (Fsp3) is 0.111. The van der Waals surface area contributed by atoms with Gasteiger partial charge in [0.1, 0.15) is 0 Å². The molecule has 0 saturated heterocycles. The lowest BCUT2D eigenvalue weighted by atomic mass is 9.80. The fourth-order valence-corrected chi connectivity index (χ4v) is 5.24. The lowest BCUT2D eigenvalue weighted by molar-refractivity contribution is 0.426. The number of fused-ring (bicyclic) bond motifs is 6. The number of hydrogen-bond donors (Lipinski definition) is 2. The summed E-state index contributed by atoms with van der Waals surface area (Å²) in [6.07, 6.45) is 0. The van der Waals surface area contributed by atoms with E-state index in [0.29, 0.717) is 5.46 Å². The van der Waals surface area contributed by atoms with E-state index in [1.807, 2.05) is 12.1 Å². The Morgan fingerprint density at radius 1 is 0.677 bits per heavy atom. The van der Waals surface area contributed by atoms with Crippen LogP contribution in [0.2, 0.25) is 0 Å². The second-order valence-electron chi connectivity index (χ2n) is 8.90. The molecule has 0 spiro atoms. The van der Waals surface area contributed by atoms with Crippen LogP contribution in [0.25, 0.3) is 38.6 Å². The molecule has 4 heteroatoms. The Bertz CT molecular complexity index is 1480. The first-order valence-corrected chi connectivity index (χ1v) is 10.6. The van der Waals surface area contributed by atoms with Crippen LogP contribution in [0.1, 0.15) is 25.0 Å². The Hall–Kier alpha value is -3.34. The molecular weight excluding hydrogens is 381 g/mol. The van der Waals surface area contributed by atoms with Crippen LogP contribution >= 0.6 is 0 Å². The average molecular weight is 403 g/mol. The first-order chi connectivity index (χ1) is 15.0. The Labute approximate surface area is 181 Å². The highest BCUT2D eigenvalue weighted by Gasteiger charge is 2.36. The van der Waals surface area contributed by atoms with Crippen LogP contribution in [-0.2, 0) is 5.41 Å². The molecule has 3 nitrogen and oxygen atoms in total. The second-order valence-corrected chi connectivity index (χ2v) is 8.90. The lowest BCUT2D eigenvalue weighted by Crippen LogP contribution is -2.29. The second kappa shape index (κ2) is 6.33. The zero-order valence-electron chi connectivity index (χ0n) is 17.5. The summed E-state index contributed by atoms with van der Waals surface area (Å²) in [4.78, 5) is 0. The van der Waals surface area contributed by atoms with E-state index in [2.05, 4.69) is 79.1 Å². The highest BCUT2D eigenvalue weighted by molar-refractivity contribution is 6.58. The maximum Gasteiger partial charge on any atom is 0.488 e. The normalized spacial score (nSPS) is 14.1. The molecule has 0 fully saturated rings. The number of nitrogens with zero attached hydrogens (tertiary/aromatic N) is 1. The topological polar surface area (TPSA) is 45.4 Å².